The number of aromatic nitrogens is 2. The first kappa shape index (κ1) is 16.4. The van der Waals surface area contributed by atoms with Gasteiger partial charge in [0.25, 0.3) is 0 Å². The smallest absolute Gasteiger partial charge is 0.186 e. The quantitative estimate of drug-likeness (QED) is 0.418. The molecule has 0 aliphatic heterocycles. The van der Waals surface area contributed by atoms with Crippen molar-refractivity contribution in [2.45, 2.75) is 6.42 Å². The maximum Gasteiger partial charge on any atom is 0.186 e. The van der Waals surface area contributed by atoms with Crippen molar-refractivity contribution in [3.63, 3.8) is 0 Å². The lowest BCUT2D eigenvalue weighted by Gasteiger charge is -2.06. The fourth-order valence-corrected chi connectivity index (χ4v) is 2.64. The van der Waals surface area contributed by atoms with Gasteiger partial charge in [0.2, 0.25) is 0 Å². The molecule has 0 saturated carbocycles. The number of imidazole rings is 1. The second-order valence-electron chi connectivity index (χ2n) is 5.08. The fraction of sp³-hybridized carbons (Fsp3) is 0.118. The molecule has 24 heavy (non-hydrogen) atoms. The number of pyridine rings is 1. The lowest BCUT2D eigenvalue weighted by atomic mass is 10.1. The lowest BCUT2D eigenvalue weighted by molar-refractivity contribution is 0.837. The van der Waals surface area contributed by atoms with Crippen LogP contribution in [-0.4, -0.2) is 27.3 Å². The maximum absolute atomic E-state index is 6.13. The number of hydrazone groups is 1. The van der Waals surface area contributed by atoms with Gasteiger partial charge in [-0.25, -0.2) is 4.98 Å². The lowest BCUT2D eigenvalue weighted by Crippen LogP contribution is -2.33. The molecule has 5 nitrogen and oxygen atoms in total. The van der Waals surface area contributed by atoms with Crippen molar-refractivity contribution in [1.29, 1.82) is 0 Å². The molecule has 0 aliphatic rings. The van der Waals surface area contributed by atoms with Gasteiger partial charge in [0.05, 0.1) is 6.21 Å². The van der Waals surface area contributed by atoms with Crippen molar-refractivity contribution in [2.24, 2.45) is 5.10 Å². The second-order valence-corrected chi connectivity index (χ2v) is 5.84. The minimum atomic E-state index is 0.398. The van der Waals surface area contributed by atoms with Crippen LogP contribution < -0.4 is 10.7 Å². The van der Waals surface area contributed by atoms with Gasteiger partial charge in [0, 0.05) is 12.7 Å². The van der Waals surface area contributed by atoms with Crippen molar-refractivity contribution in [3.8, 4) is 0 Å². The summed E-state index contributed by atoms with van der Waals surface area (Å²) >= 11 is 11.3. The summed E-state index contributed by atoms with van der Waals surface area (Å²) < 4.78 is 1.86. The average Bonchev–Trinajstić information content (AvgIpc) is 2.92. The number of nitrogens with one attached hydrogen (secondary N) is 2. The molecule has 0 atom stereocenters. The molecule has 0 fully saturated rings. The van der Waals surface area contributed by atoms with Crippen LogP contribution in [0.2, 0.25) is 5.15 Å². The van der Waals surface area contributed by atoms with Gasteiger partial charge >= 0.3 is 0 Å². The molecular weight excluding hydrogens is 342 g/mol. The molecule has 0 unspecified atom stereocenters. The number of fused-ring (bicyclic) bond motifs is 1. The van der Waals surface area contributed by atoms with E-state index < -0.39 is 0 Å². The van der Waals surface area contributed by atoms with Crippen LogP contribution in [-0.2, 0) is 6.42 Å². The maximum atomic E-state index is 6.13. The first-order valence-corrected chi connectivity index (χ1v) is 8.26. The van der Waals surface area contributed by atoms with Crippen LogP contribution in [0.25, 0.3) is 5.65 Å². The summed E-state index contributed by atoms with van der Waals surface area (Å²) in [6, 6.07) is 15.9. The second kappa shape index (κ2) is 7.90. The van der Waals surface area contributed by atoms with Crippen molar-refractivity contribution < 1.29 is 0 Å². The molecule has 3 aromatic rings. The minimum Gasteiger partial charge on any atom is -0.361 e. The topological polar surface area (TPSA) is 53.7 Å². The molecule has 0 radical (unpaired) electrons. The van der Waals surface area contributed by atoms with E-state index in [0.717, 1.165) is 18.6 Å². The third kappa shape index (κ3) is 4.10. The Balaban J connectivity index is 1.52. The van der Waals surface area contributed by atoms with Crippen LogP contribution in [0.4, 0.5) is 0 Å². The van der Waals surface area contributed by atoms with Gasteiger partial charge in [0.15, 0.2) is 10.3 Å². The molecule has 2 aromatic heterocycles. The summed E-state index contributed by atoms with van der Waals surface area (Å²) in [5.74, 6) is 0. The summed E-state index contributed by atoms with van der Waals surface area (Å²) in [6.45, 7) is 0.738. The third-order valence-corrected chi connectivity index (χ3v) is 3.93. The van der Waals surface area contributed by atoms with Crippen LogP contribution in [0, 0.1) is 0 Å². The first-order valence-electron chi connectivity index (χ1n) is 7.47. The number of thiocarbonyl (C=S) groups is 1. The van der Waals surface area contributed by atoms with E-state index in [9.17, 15) is 0 Å². The monoisotopic (exact) mass is 357 g/mol. The molecule has 0 aliphatic carbocycles. The van der Waals surface area contributed by atoms with Gasteiger partial charge in [0.1, 0.15) is 11.3 Å². The Labute approximate surface area is 150 Å². The zero-order valence-electron chi connectivity index (χ0n) is 12.8. The van der Waals surface area contributed by atoms with Crippen LogP contribution in [0.5, 0.6) is 0 Å². The molecule has 0 spiro atoms. The predicted octanol–water partition coefficient (Wildman–Crippen LogP) is 3.03. The highest BCUT2D eigenvalue weighted by Crippen LogP contribution is 2.15. The molecule has 0 amide bonds. The van der Waals surface area contributed by atoms with E-state index in [1.54, 1.807) is 6.21 Å². The van der Waals surface area contributed by atoms with Gasteiger partial charge < -0.3 is 5.32 Å². The predicted molar refractivity (Wildman–Crippen MR) is 102 cm³/mol. The zero-order valence-corrected chi connectivity index (χ0v) is 14.4. The van der Waals surface area contributed by atoms with Gasteiger partial charge in [-0.3, -0.25) is 9.83 Å². The van der Waals surface area contributed by atoms with E-state index in [-0.39, 0.29) is 0 Å². The number of benzene rings is 1. The number of halogens is 1. The fourth-order valence-electron chi connectivity index (χ4n) is 2.26. The summed E-state index contributed by atoms with van der Waals surface area (Å²) in [5, 5.41) is 8.10. The molecule has 0 saturated heterocycles. The number of rotatable bonds is 5. The van der Waals surface area contributed by atoms with E-state index in [0.29, 0.717) is 16.0 Å². The number of hydrogen-bond donors (Lipinski definition) is 2. The molecule has 1 aromatic carbocycles. The Bertz CT molecular complexity index is 860. The van der Waals surface area contributed by atoms with Crippen LogP contribution in [0.3, 0.4) is 0 Å². The molecule has 7 heteroatoms. The van der Waals surface area contributed by atoms with Crippen molar-refractivity contribution in [1.82, 2.24) is 20.1 Å². The highest BCUT2D eigenvalue weighted by atomic mass is 35.5. The Kier molecular flexibility index (Phi) is 5.40. The molecule has 122 valence electrons. The Morgan fingerprint density at radius 2 is 2.00 bits per heavy atom. The zero-order chi connectivity index (χ0) is 16.8. The first-order chi connectivity index (χ1) is 11.7. The SMILES string of the molecule is S=C(NCCc1ccccc1)N/N=C/c1c(Cl)nc2ccccn12. The van der Waals surface area contributed by atoms with Crippen molar-refractivity contribution in [2.75, 3.05) is 6.54 Å². The van der Waals surface area contributed by atoms with E-state index >= 15 is 0 Å². The van der Waals surface area contributed by atoms with Crippen LogP contribution >= 0.6 is 23.8 Å². The Morgan fingerprint density at radius 3 is 2.83 bits per heavy atom. The summed E-state index contributed by atoms with van der Waals surface area (Å²) in [6.07, 6.45) is 4.38. The van der Waals surface area contributed by atoms with Gasteiger partial charge in [-0.15, -0.1) is 0 Å². The van der Waals surface area contributed by atoms with Crippen LogP contribution in [0.15, 0.2) is 59.8 Å². The summed E-state index contributed by atoms with van der Waals surface area (Å²) in [4.78, 5) is 4.25. The van der Waals surface area contributed by atoms with Crippen molar-refractivity contribution >= 4 is 40.8 Å². The largest absolute Gasteiger partial charge is 0.361 e. The van der Waals surface area contributed by atoms with Gasteiger partial charge in [-0.1, -0.05) is 48.0 Å². The standard InChI is InChI=1S/C17H16ClN5S/c18-16-14(23-11-5-4-8-15(23)21-16)12-20-22-17(24)19-10-9-13-6-2-1-3-7-13/h1-8,11-12H,9-10H2,(H2,19,22,24)/b20-12+. The average molecular weight is 358 g/mol. The summed E-state index contributed by atoms with van der Waals surface area (Å²) in [5.41, 5.74) is 5.52. The van der Waals surface area contributed by atoms with Crippen molar-refractivity contribution in [3.05, 3.63) is 71.1 Å². The summed E-state index contributed by atoms with van der Waals surface area (Å²) in [7, 11) is 0. The molecule has 2 N–H and O–H groups in total. The molecular formula is C17H16ClN5S. The molecule has 2 heterocycles. The Hall–Kier alpha value is -2.44. The van der Waals surface area contributed by atoms with E-state index in [2.05, 4.69) is 33.0 Å². The highest BCUT2D eigenvalue weighted by molar-refractivity contribution is 7.80. The normalized spacial score (nSPS) is 11.0. The third-order valence-electron chi connectivity index (χ3n) is 3.42. The highest BCUT2D eigenvalue weighted by Gasteiger charge is 2.07. The Morgan fingerprint density at radius 1 is 1.21 bits per heavy atom. The number of hydrogen-bond acceptors (Lipinski definition) is 3. The van der Waals surface area contributed by atoms with E-state index in [1.807, 2.05) is 47.0 Å². The molecule has 3 rings (SSSR count). The number of nitrogens with zero attached hydrogens (tertiary/aromatic N) is 3. The van der Waals surface area contributed by atoms with Gasteiger partial charge in [-0.05, 0) is 36.3 Å². The molecule has 0 bridgehead atoms. The minimum absolute atomic E-state index is 0.398. The van der Waals surface area contributed by atoms with Crippen LogP contribution in [0.1, 0.15) is 11.3 Å². The van der Waals surface area contributed by atoms with E-state index in [1.165, 1.54) is 5.56 Å². The van der Waals surface area contributed by atoms with Gasteiger partial charge in [-0.2, -0.15) is 5.10 Å². The van der Waals surface area contributed by atoms with E-state index in [4.69, 9.17) is 23.8 Å².